The molecule has 0 spiro atoms. The van der Waals surface area contributed by atoms with Crippen LogP contribution in [0.15, 0.2) is 12.1 Å². The fraction of sp³-hybridized carbons (Fsp3) is 0.714. The second-order valence-electron chi connectivity index (χ2n) is 4.83. The molecule has 1 N–H and O–H groups in total. The van der Waals surface area contributed by atoms with Crippen LogP contribution in [-0.4, -0.2) is 32.5 Å². The first kappa shape index (κ1) is 14.0. The van der Waals surface area contributed by atoms with E-state index in [-0.39, 0.29) is 0 Å². The largest absolute Gasteiger partial charge is 0.377 e. The Labute approximate surface area is 113 Å². The molecule has 0 bridgehead atoms. The summed E-state index contributed by atoms with van der Waals surface area (Å²) in [6.07, 6.45) is 2.67. The summed E-state index contributed by atoms with van der Waals surface area (Å²) >= 11 is 1.86. The summed E-state index contributed by atoms with van der Waals surface area (Å²) in [6, 6.07) is 4.78. The molecule has 2 atom stereocenters. The number of nitrogens with one attached hydrogen (secondary N) is 1. The van der Waals surface area contributed by atoms with Crippen molar-refractivity contribution in [2.45, 2.75) is 38.8 Å². The van der Waals surface area contributed by atoms with Gasteiger partial charge in [0.05, 0.1) is 19.3 Å². The van der Waals surface area contributed by atoms with E-state index < -0.39 is 0 Å². The van der Waals surface area contributed by atoms with Crippen LogP contribution in [0.5, 0.6) is 0 Å². The number of aryl methyl sites for hydroxylation is 1. The normalized spacial score (nSPS) is 21.3. The first-order valence-corrected chi connectivity index (χ1v) is 7.56. The van der Waals surface area contributed by atoms with Crippen molar-refractivity contribution < 1.29 is 9.47 Å². The first-order chi connectivity index (χ1) is 8.75. The summed E-state index contributed by atoms with van der Waals surface area (Å²) in [7, 11) is 0. The van der Waals surface area contributed by atoms with Crippen molar-refractivity contribution in [3.8, 4) is 0 Å². The Morgan fingerprint density at radius 2 is 2.44 bits per heavy atom. The van der Waals surface area contributed by atoms with E-state index in [0.717, 1.165) is 32.8 Å². The highest BCUT2D eigenvalue weighted by atomic mass is 32.1. The Morgan fingerprint density at radius 1 is 1.56 bits per heavy atom. The average Bonchev–Trinajstić information content (AvgIpc) is 2.99. The number of thiophene rings is 1. The molecule has 0 amide bonds. The minimum Gasteiger partial charge on any atom is -0.377 e. The van der Waals surface area contributed by atoms with E-state index in [4.69, 9.17) is 9.47 Å². The van der Waals surface area contributed by atoms with E-state index in [1.165, 1.54) is 16.2 Å². The zero-order valence-electron chi connectivity index (χ0n) is 11.3. The molecule has 4 heteroatoms. The Morgan fingerprint density at radius 3 is 3.11 bits per heavy atom. The van der Waals surface area contributed by atoms with Crippen LogP contribution in [0.2, 0.25) is 0 Å². The molecule has 0 radical (unpaired) electrons. The minimum atomic E-state index is 0.336. The lowest BCUT2D eigenvalue weighted by atomic mass is 10.2. The van der Waals surface area contributed by atoms with Gasteiger partial charge >= 0.3 is 0 Å². The second-order valence-corrected chi connectivity index (χ2v) is 6.15. The topological polar surface area (TPSA) is 30.5 Å². The predicted octanol–water partition coefficient (Wildman–Crippen LogP) is 2.90. The third kappa shape index (κ3) is 4.35. The summed E-state index contributed by atoms with van der Waals surface area (Å²) in [5.41, 5.74) is 0. The van der Waals surface area contributed by atoms with Crippen LogP contribution < -0.4 is 5.32 Å². The van der Waals surface area contributed by atoms with Crippen molar-refractivity contribution in [1.82, 2.24) is 5.32 Å². The van der Waals surface area contributed by atoms with E-state index in [0.29, 0.717) is 12.1 Å². The van der Waals surface area contributed by atoms with Gasteiger partial charge in [-0.15, -0.1) is 11.3 Å². The van der Waals surface area contributed by atoms with Crippen LogP contribution in [0, 0.1) is 6.92 Å². The maximum atomic E-state index is 5.62. The summed E-state index contributed by atoms with van der Waals surface area (Å²) in [4.78, 5) is 2.76. The Hall–Kier alpha value is -0.420. The molecule has 2 rings (SSSR count). The highest BCUT2D eigenvalue weighted by Crippen LogP contribution is 2.21. The van der Waals surface area contributed by atoms with Crippen molar-refractivity contribution in [1.29, 1.82) is 0 Å². The average molecular weight is 269 g/mol. The lowest BCUT2D eigenvalue weighted by Crippen LogP contribution is -2.24. The molecule has 1 aliphatic rings. The fourth-order valence-corrected chi connectivity index (χ4v) is 3.03. The van der Waals surface area contributed by atoms with Gasteiger partial charge in [0.15, 0.2) is 0 Å². The van der Waals surface area contributed by atoms with Crippen LogP contribution in [0.3, 0.4) is 0 Å². The third-order valence-corrected chi connectivity index (χ3v) is 4.40. The molecule has 1 saturated heterocycles. The van der Waals surface area contributed by atoms with E-state index in [2.05, 4.69) is 31.3 Å². The zero-order chi connectivity index (χ0) is 12.8. The summed E-state index contributed by atoms with van der Waals surface area (Å²) in [6.45, 7) is 7.64. The molecular weight excluding hydrogens is 246 g/mol. The van der Waals surface area contributed by atoms with Crippen LogP contribution >= 0.6 is 11.3 Å². The Kier molecular flexibility index (Phi) is 5.63. The van der Waals surface area contributed by atoms with Gasteiger partial charge in [-0.05, 0) is 38.8 Å². The Balaban J connectivity index is 1.54. The molecule has 0 aliphatic carbocycles. The molecule has 102 valence electrons. The standard InChI is InChI=1S/C14H23NO2S/c1-11-5-6-14(18-11)12(2)15-7-9-16-10-13-4-3-8-17-13/h5-6,12-13,15H,3-4,7-10H2,1-2H3/t12-,13+/m1/s1. The summed E-state index contributed by atoms with van der Waals surface area (Å²) in [5, 5.41) is 3.48. The van der Waals surface area contributed by atoms with Gasteiger partial charge in [-0.3, -0.25) is 0 Å². The summed E-state index contributed by atoms with van der Waals surface area (Å²) in [5.74, 6) is 0. The van der Waals surface area contributed by atoms with Crippen molar-refractivity contribution in [3.63, 3.8) is 0 Å². The molecule has 18 heavy (non-hydrogen) atoms. The third-order valence-electron chi connectivity index (χ3n) is 3.21. The Bertz CT molecular complexity index is 347. The molecule has 1 aliphatic heterocycles. The lowest BCUT2D eigenvalue weighted by Gasteiger charge is -2.13. The number of rotatable bonds is 7. The van der Waals surface area contributed by atoms with E-state index >= 15 is 0 Å². The van der Waals surface area contributed by atoms with Gasteiger partial charge in [-0.1, -0.05) is 0 Å². The lowest BCUT2D eigenvalue weighted by molar-refractivity contribution is 0.0179. The molecule has 0 saturated carbocycles. The monoisotopic (exact) mass is 269 g/mol. The quantitative estimate of drug-likeness (QED) is 0.772. The molecule has 1 aromatic rings. The van der Waals surface area contributed by atoms with Gasteiger partial charge < -0.3 is 14.8 Å². The predicted molar refractivity (Wildman–Crippen MR) is 75.3 cm³/mol. The van der Waals surface area contributed by atoms with Crippen LogP contribution in [-0.2, 0) is 9.47 Å². The van der Waals surface area contributed by atoms with Gasteiger partial charge in [-0.2, -0.15) is 0 Å². The zero-order valence-corrected chi connectivity index (χ0v) is 12.1. The van der Waals surface area contributed by atoms with Crippen molar-refractivity contribution in [3.05, 3.63) is 21.9 Å². The van der Waals surface area contributed by atoms with Crippen LogP contribution in [0.1, 0.15) is 35.6 Å². The highest BCUT2D eigenvalue weighted by molar-refractivity contribution is 7.12. The van der Waals surface area contributed by atoms with Gasteiger partial charge in [0, 0.05) is 28.9 Å². The number of hydrogen-bond acceptors (Lipinski definition) is 4. The smallest absolute Gasteiger partial charge is 0.0809 e. The molecular formula is C14H23NO2S. The molecule has 1 fully saturated rings. The fourth-order valence-electron chi connectivity index (χ4n) is 2.12. The van der Waals surface area contributed by atoms with Crippen LogP contribution in [0.25, 0.3) is 0 Å². The summed E-state index contributed by atoms with van der Waals surface area (Å²) < 4.78 is 11.1. The van der Waals surface area contributed by atoms with Gasteiger partial charge in [-0.25, -0.2) is 0 Å². The molecule has 2 heterocycles. The molecule has 3 nitrogen and oxygen atoms in total. The van der Waals surface area contributed by atoms with Gasteiger partial charge in [0.25, 0.3) is 0 Å². The SMILES string of the molecule is Cc1ccc([C@@H](C)NCCOC[C@@H]2CCCO2)s1. The van der Waals surface area contributed by atoms with Gasteiger partial charge in [0.2, 0.25) is 0 Å². The van der Waals surface area contributed by atoms with Crippen molar-refractivity contribution in [2.75, 3.05) is 26.4 Å². The number of ether oxygens (including phenoxy) is 2. The van der Waals surface area contributed by atoms with Gasteiger partial charge in [0.1, 0.15) is 0 Å². The van der Waals surface area contributed by atoms with Crippen molar-refractivity contribution >= 4 is 11.3 Å². The van der Waals surface area contributed by atoms with Crippen molar-refractivity contribution in [2.24, 2.45) is 0 Å². The maximum absolute atomic E-state index is 5.62. The van der Waals surface area contributed by atoms with E-state index in [1.807, 2.05) is 11.3 Å². The molecule has 1 aromatic heterocycles. The van der Waals surface area contributed by atoms with E-state index in [9.17, 15) is 0 Å². The van der Waals surface area contributed by atoms with Crippen LogP contribution in [0.4, 0.5) is 0 Å². The molecule has 0 aromatic carbocycles. The maximum Gasteiger partial charge on any atom is 0.0809 e. The number of hydrogen-bond donors (Lipinski definition) is 1. The second kappa shape index (κ2) is 7.24. The highest BCUT2D eigenvalue weighted by Gasteiger charge is 2.15. The molecule has 0 unspecified atom stereocenters. The minimum absolute atomic E-state index is 0.336. The van der Waals surface area contributed by atoms with E-state index in [1.54, 1.807) is 0 Å². The first-order valence-electron chi connectivity index (χ1n) is 6.75.